The second-order valence-electron chi connectivity index (χ2n) is 17.8. The fraction of sp³-hybridized carbons (Fsp3) is 0.413. The first-order valence-corrected chi connectivity index (χ1v) is 25.5. The molecule has 0 aliphatic carbocycles. The van der Waals surface area contributed by atoms with Crippen LogP contribution in [0, 0.1) is 5.41 Å². The highest BCUT2D eigenvalue weighted by atomic mass is 33.1. The summed E-state index contributed by atoms with van der Waals surface area (Å²) >= 11 is 0. The van der Waals surface area contributed by atoms with Crippen molar-refractivity contribution in [3.8, 4) is 0 Å². The number of hydrogen-bond donors (Lipinski definition) is 13. The second kappa shape index (κ2) is 24.5. The van der Waals surface area contributed by atoms with Gasteiger partial charge in [0.05, 0.1) is 6.33 Å². The van der Waals surface area contributed by atoms with Crippen LogP contribution in [0.25, 0.3) is 10.9 Å². The smallest absolute Gasteiger partial charge is 0.325 e. The third-order valence-corrected chi connectivity index (χ3v) is 14.2. The van der Waals surface area contributed by atoms with Crippen molar-refractivity contribution in [2.75, 3.05) is 18.1 Å². The zero-order valence-electron chi connectivity index (χ0n) is 39.7. The summed E-state index contributed by atoms with van der Waals surface area (Å²) in [5.41, 5.74) is 12.4. The van der Waals surface area contributed by atoms with E-state index in [0.29, 0.717) is 16.8 Å². The fourth-order valence-electron chi connectivity index (χ4n) is 7.92. The number of imide groups is 1. The molecule has 0 bridgehead atoms. The molecule has 2 saturated heterocycles. The van der Waals surface area contributed by atoms with Crippen molar-refractivity contribution in [2.24, 2.45) is 11.5 Å². The van der Waals surface area contributed by atoms with E-state index in [1.54, 1.807) is 42.6 Å². The molecule has 1 unspecified atom stereocenters. The number of carbonyl (C=O) groups is 9. The molecular weight excluding hydrogens is 971 g/mol. The second-order valence-corrected chi connectivity index (χ2v) is 20.3. The lowest BCUT2D eigenvalue weighted by atomic mass is 10.0. The lowest BCUT2D eigenvalue weighted by Gasteiger charge is -2.28. The number of benzene rings is 2. The molecule has 7 atom stereocenters. The van der Waals surface area contributed by atoms with E-state index >= 15 is 0 Å². The number of aromatic amines is 2. The topological polar surface area (TPSA) is 373 Å². The summed E-state index contributed by atoms with van der Waals surface area (Å²) < 4.78 is 0. The van der Waals surface area contributed by atoms with Crippen LogP contribution in [0.5, 0.6) is 0 Å². The summed E-state index contributed by atoms with van der Waals surface area (Å²) in [5, 5.41) is 29.7. The number of primary amides is 1. The number of nitrogens with one attached hydrogen (secondary N) is 11. The van der Waals surface area contributed by atoms with Crippen LogP contribution in [-0.2, 0) is 57.6 Å². The van der Waals surface area contributed by atoms with Crippen LogP contribution in [0.1, 0.15) is 50.4 Å². The molecular formula is C46H59N15O9S2. The van der Waals surface area contributed by atoms with E-state index in [0.717, 1.165) is 37.4 Å². The average molecular weight is 1030 g/mol. The summed E-state index contributed by atoms with van der Waals surface area (Å²) in [6, 6.07) is 5.39. The maximum atomic E-state index is 14.6. The van der Waals surface area contributed by atoms with Crippen molar-refractivity contribution < 1.29 is 43.2 Å². The fourth-order valence-corrected chi connectivity index (χ4v) is 10.3. The SMILES string of the molecule is C[C@H]1NC(=O)[C@@H](N2C(=O)NC(C)(C)C2=O)CSSC[C@@H](C(N)=O)NC(=O)C(Cc2c[nH]c3ccccc23)NC(=O)[C@H](CCCNC(=N)N)NC(=O)[C@@H](Cc2ccccc2)NC(=O)[C@H](Cc2cnc[nH]2)NC1=O. The summed E-state index contributed by atoms with van der Waals surface area (Å²) in [5.74, 6) is -7.43. The zero-order valence-corrected chi connectivity index (χ0v) is 41.3. The van der Waals surface area contributed by atoms with Crippen molar-refractivity contribution in [1.82, 2.24) is 62.4 Å². The Kier molecular flexibility index (Phi) is 18.3. The normalized spacial score (nSPS) is 24.2. The Balaban J connectivity index is 1.39. The van der Waals surface area contributed by atoms with Crippen molar-refractivity contribution in [3.05, 3.63) is 90.1 Å². The number of para-hydroxylation sites is 1. The van der Waals surface area contributed by atoms with Crippen LogP contribution in [0.3, 0.4) is 0 Å². The summed E-state index contributed by atoms with van der Waals surface area (Å²) in [4.78, 5) is 137. The molecule has 4 heterocycles. The first-order chi connectivity index (χ1) is 34.3. The predicted octanol–water partition coefficient (Wildman–Crippen LogP) is -1.31. The monoisotopic (exact) mass is 1030 g/mol. The number of urea groups is 1. The highest BCUT2D eigenvalue weighted by Gasteiger charge is 2.49. The van der Waals surface area contributed by atoms with Crippen LogP contribution < -0.4 is 54.0 Å². The molecule has 2 aliphatic rings. The first kappa shape index (κ1) is 53.7. The number of rotatable bonds is 12. The number of aromatic nitrogens is 3. The van der Waals surface area contributed by atoms with Gasteiger partial charge in [0, 0.05) is 66.3 Å². The van der Waals surface area contributed by atoms with Crippen LogP contribution in [-0.4, -0.2) is 145 Å². The van der Waals surface area contributed by atoms with Crippen LogP contribution in [0.2, 0.25) is 0 Å². The van der Waals surface area contributed by atoms with Crippen LogP contribution in [0.4, 0.5) is 4.79 Å². The lowest BCUT2D eigenvalue weighted by Crippen LogP contribution is -2.60. The van der Waals surface area contributed by atoms with Gasteiger partial charge in [-0.05, 0) is 50.8 Å². The molecule has 26 heteroatoms. The molecule has 2 aromatic carbocycles. The molecule has 0 radical (unpaired) electrons. The molecule has 72 heavy (non-hydrogen) atoms. The van der Waals surface area contributed by atoms with E-state index < -0.39 is 101 Å². The molecule has 0 saturated carbocycles. The van der Waals surface area contributed by atoms with Gasteiger partial charge in [0.2, 0.25) is 41.4 Å². The van der Waals surface area contributed by atoms with E-state index in [1.165, 1.54) is 33.3 Å². The van der Waals surface area contributed by atoms with Crippen molar-refractivity contribution in [2.45, 2.75) is 101 Å². The quantitative estimate of drug-likeness (QED) is 0.0258. The molecule has 0 spiro atoms. The Labute approximate surface area is 421 Å². The first-order valence-electron chi connectivity index (χ1n) is 23.0. The van der Waals surface area contributed by atoms with Gasteiger partial charge in [-0.3, -0.25) is 43.8 Å². The Bertz CT molecular complexity index is 2650. The van der Waals surface area contributed by atoms with Gasteiger partial charge in [-0.1, -0.05) is 70.1 Å². The number of nitrogens with zero attached hydrogens (tertiary/aromatic N) is 2. The minimum absolute atomic E-state index is 0.0473. The number of guanidine groups is 1. The Hall–Kier alpha value is -7.61. The van der Waals surface area contributed by atoms with E-state index in [4.69, 9.17) is 16.9 Å². The van der Waals surface area contributed by atoms with E-state index in [-0.39, 0.29) is 56.1 Å². The molecule has 10 amide bonds. The Morgan fingerprint density at radius 2 is 1.36 bits per heavy atom. The van der Waals surface area contributed by atoms with Gasteiger partial charge in [0.25, 0.3) is 5.91 Å². The maximum absolute atomic E-state index is 14.6. The summed E-state index contributed by atoms with van der Waals surface area (Å²) in [7, 11) is 1.97. The molecule has 2 aliphatic heterocycles. The van der Waals surface area contributed by atoms with E-state index in [2.05, 4.69) is 57.5 Å². The van der Waals surface area contributed by atoms with E-state index in [1.807, 2.05) is 18.2 Å². The highest BCUT2D eigenvalue weighted by Crippen LogP contribution is 2.28. The standard InChI is InChI=1S/C46H59N15O9S2/c1-24-37(63)56-33(18-27-20-50-23-53-27)41(67)57-31(16-25-10-5-4-6-11-25)39(65)55-30(14-9-15-51-44(48)49)38(64)58-32(17-26-19-52-29-13-8-7-12-28(26)29)40(66)59-34(36(47)62)21-71-72-22-35(42(68)54-24)61-43(69)46(2,3)60-45(61)70/h4-8,10-13,19-20,23-24,30-35,52H,9,14-18,21-22H2,1-3H3,(H2,47,62)(H,50,53)(H,54,68)(H,55,65)(H,56,63)(H,57,67)(H,58,64)(H,59,66)(H,60,70)(H4,48,49,51)/t24-,30+,31-,32?,33+,34+,35+/m1/s1. The number of amides is 10. The third kappa shape index (κ3) is 14.3. The molecule has 384 valence electrons. The van der Waals surface area contributed by atoms with Crippen LogP contribution in [0.15, 0.2) is 73.3 Å². The van der Waals surface area contributed by atoms with Gasteiger partial charge in [-0.2, -0.15) is 0 Å². The van der Waals surface area contributed by atoms with Gasteiger partial charge in [0.15, 0.2) is 5.96 Å². The largest absolute Gasteiger partial charge is 0.370 e. The van der Waals surface area contributed by atoms with Gasteiger partial charge >= 0.3 is 6.03 Å². The van der Waals surface area contributed by atoms with Crippen molar-refractivity contribution in [3.63, 3.8) is 0 Å². The summed E-state index contributed by atoms with van der Waals surface area (Å²) in [6.45, 7) is 4.39. The van der Waals surface area contributed by atoms with Crippen molar-refractivity contribution >= 4 is 91.7 Å². The number of fused-ring (bicyclic) bond motifs is 1. The summed E-state index contributed by atoms with van der Waals surface area (Å²) in [6.07, 6.45) is 4.27. The predicted molar refractivity (Wildman–Crippen MR) is 268 cm³/mol. The van der Waals surface area contributed by atoms with Gasteiger partial charge in [-0.25, -0.2) is 14.7 Å². The molecule has 15 N–H and O–H groups in total. The maximum Gasteiger partial charge on any atom is 0.325 e. The Morgan fingerprint density at radius 1 is 0.750 bits per heavy atom. The van der Waals surface area contributed by atoms with Gasteiger partial charge in [0.1, 0.15) is 47.8 Å². The Morgan fingerprint density at radius 3 is 2.01 bits per heavy atom. The lowest BCUT2D eigenvalue weighted by molar-refractivity contribution is -0.138. The minimum Gasteiger partial charge on any atom is -0.370 e. The highest BCUT2D eigenvalue weighted by molar-refractivity contribution is 8.76. The van der Waals surface area contributed by atoms with Crippen LogP contribution >= 0.6 is 21.6 Å². The average Bonchev–Trinajstić information content (AvgIpc) is 4.06. The zero-order chi connectivity index (χ0) is 52.1. The number of carbonyl (C=O) groups excluding carboxylic acids is 9. The third-order valence-electron chi connectivity index (χ3n) is 11.8. The minimum atomic E-state index is -1.50. The van der Waals surface area contributed by atoms with E-state index in [9.17, 15) is 43.2 Å². The van der Waals surface area contributed by atoms with Gasteiger partial charge < -0.3 is 64.0 Å². The number of imidazole rings is 1. The number of nitrogens with two attached hydrogens (primary N) is 2. The molecule has 6 rings (SSSR count). The number of H-pyrrole nitrogens is 2. The molecule has 24 nitrogen and oxygen atoms in total. The number of hydrogen-bond acceptors (Lipinski definition) is 13. The molecule has 4 aromatic rings. The molecule has 2 aromatic heterocycles. The molecule has 2 fully saturated rings. The van der Waals surface area contributed by atoms with Crippen molar-refractivity contribution in [1.29, 1.82) is 5.41 Å². The van der Waals surface area contributed by atoms with Gasteiger partial charge in [-0.15, -0.1) is 0 Å².